The fraction of sp³-hybridized carbons (Fsp3) is 0.263. The molecule has 0 saturated heterocycles. The van der Waals surface area contributed by atoms with E-state index in [4.69, 9.17) is 4.42 Å². The highest BCUT2D eigenvalue weighted by molar-refractivity contribution is 5.55. The van der Waals surface area contributed by atoms with Gasteiger partial charge in [-0.1, -0.05) is 37.3 Å². The van der Waals surface area contributed by atoms with E-state index < -0.39 is 0 Å². The molecule has 0 bridgehead atoms. The maximum Gasteiger partial charge on any atom is 0.209 e. The van der Waals surface area contributed by atoms with Crippen molar-refractivity contribution in [2.24, 2.45) is 0 Å². The standard InChI is InChI=1S/C19H21N3O/c1-3-17(15-9-11-20-12-10-15)22(2)14-19-21-13-18(23-19)16-7-5-4-6-8-16/h4-13,17H,3,14H2,1-2H3/t17-/m0/s1. The predicted octanol–water partition coefficient (Wildman–Crippen LogP) is 4.32. The second-order valence-corrected chi connectivity index (χ2v) is 5.60. The number of benzene rings is 1. The first-order valence-electron chi connectivity index (χ1n) is 7.88. The van der Waals surface area contributed by atoms with Crippen LogP contribution in [-0.4, -0.2) is 21.9 Å². The van der Waals surface area contributed by atoms with Gasteiger partial charge in [0, 0.05) is 24.0 Å². The Balaban J connectivity index is 1.73. The Morgan fingerprint density at radius 2 is 1.83 bits per heavy atom. The molecule has 0 aliphatic carbocycles. The van der Waals surface area contributed by atoms with E-state index in [0.717, 1.165) is 23.6 Å². The Kier molecular flexibility index (Phi) is 4.83. The molecular formula is C19H21N3O. The van der Waals surface area contributed by atoms with Crippen LogP contribution in [0.3, 0.4) is 0 Å². The van der Waals surface area contributed by atoms with E-state index in [1.54, 1.807) is 6.20 Å². The summed E-state index contributed by atoms with van der Waals surface area (Å²) in [5.74, 6) is 1.55. The summed E-state index contributed by atoms with van der Waals surface area (Å²) >= 11 is 0. The maximum absolute atomic E-state index is 5.91. The number of pyridine rings is 1. The van der Waals surface area contributed by atoms with E-state index in [9.17, 15) is 0 Å². The van der Waals surface area contributed by atoms with Crippen molar-refractivity contribution in [1.29, 1.82) is 0 Å². The van der Waals surface area contributed by atoms with Crippen molar-refractivity contribution in [3.8, 4) is 11.3 Å². The van der Waals surface area contributed by atoms with Gasteiger partial charge in [0.05, 0.1) is 12.7 Å². The first-order chi connectivity index (χ1) is 11.3. The molecule has 0 amide bonds. The van der Waals surface area contributed by atoms with Crippen LogP contribution in [0.15, 0.2) is 65.5 Å². The van der Waals surface area contributed by atoms with Gasteiger partial charge in [-0.15, -0.1) is 0 Å². The third-order valence-electron chi connectivity index (χ3n) is 4.01. The monoisotopic (exact) mass is 307 g/mol. The van der Waals surface area contributed by atoms with Crippen LogP contribution in [0.2, 0.25) is 0 Å². The summed E-state index contributed by atoms with van der Waals surface area (Å²) in [5, 5.41) is 0. The van der Waals surface area contributed by atoms with E-state index in [-0.39, 0.29) is 0 Å². The summed E-state index contributed by atoms with van der Waals surface area (Å²) in [5.41, 5.74) is 2.31. The molecule has 0 saturated carbocycles. The second kappa shape index (κ2) is 7.20. The summed E-state index contributed by atoms with van der Waals surface area (Å²) in [6.07, 6.45) is 6.49. The molecule has 1 aromatic carbocycles. The Bertz CT molecular complexity index is 725. The van der Waals surface area contributed by atoms with Crippen molar-refractivity contribution in [3.05, 3.63) is 72.5 Å². The number of aromatic nitrogens is 2. The molecule has 0 radical (unpaired) electrons. The van der Waals surface area contributed by atoms with E-state index in [1.165, 1.54) is 5.56 Å². The zero-order valence-electron chi connectivity index (χ0n) is 13.5. The van der Waals surface area contributed by atoms with Crippen molar-refractivity contribution in [1.82, 2.24) is 14.9 Å². The van der Waals surface area contributed by atoms with Gasteiger partial charge in [0.1, 0.15) is 0 Å². The normalized spacial score (nSPS) is 12.5. The number of oxazole rings is 1. The van der Waals surface area contributed by atoms with Crippen molar-refractivity contribution in [3.63, 3.8) is 0 Å². The van der Waals surface area contributed by atoms with Crippen molar-refractivity contribution >= 4 is 0 Å². The van der Waals surface area contributed by atoms with Crippen LogP contribution in [0.5, 0.6) is 0 Å². The van der Waals surface area contributed by atoms with E-state index in [1.807, 2.05) is 42.7 Å². The maximum atomic E-state index is 5.91. The minimum absolute atomic E-state index is 0.324. The first-order valence-corrected chi connectivity index (χ1v) is 7.88. The molecular weight excluding hydrogens is 286 g/mol. The van der Waals surface area contributed by atoms with E-state index >= 15 is 0 Å². The lowest BCUT2D eigenvalue weighted by atomic mass is 10.0. The fourth-order valence-corrected chi connectivity index (χ4v) is 2.83. The Hall–Kier alpha value is -2.46. The molecule has 3 rings (SSSR count). The third-order valence-corrected chi connectivity index (χ3v) is 4.01. The third kappa shape index (κ3) is 3.66. The largest absolute Gasteiger partial charge is 0.439 e. The highest BCUT2D eigenvalue weighted by atomic mass is 16.4. The van der Waals surface area contributed by atoms with Crippen molar-refractivity contribution in [2.75, 3.05) is 7.05 Å². The van der Waals surface area contributed by atoms with Gasteiger partial charge < -0.3 is 4.42 Å². The van der Waals surface area contributed by atoms with Crippen LogP contribution in [0.1, 0.15) is 30.8 Å². The predicted molar refractivity (Wildman–Crippen MR) is 90.7 cm³/mol. The lowest BCUT2D eigenvalue weighted by Crippen LogP contribution is -2.23. The lowest BCUT2D eigenvalue weighted by molar-refractivity contribution is 0.209. The average Bonchev–Trinajstić information content (AvgIpc) is 3.06. The molecule has 118 valence electrons. The Morgan fingerprint density at radius 3 is 2.52 bits per heavy atom. The molecule has 23 heavy (non-hydrogen) atoms. The summed E-state index contributed by atoms with van der Waals surface area (Å²) in [6, 6.07) is 14.5. The van der Waals surface area contributed by atoms with Crippen LogP contribution < -0.4 is 0 Å². The van der Waals surface area contributed by atoms with Crippen molar-refractivity contribution in [2.45, 2.75) is 25.9 Å². The minimum atomic E-state index is 0.324. The van der Waals surface area contributed by atoms with Gasteiger partial charge in [-0.3, -0.25) is 9.88 Å². The molecule has 0 N–H and O–H groups in total. The van der Waals surface area contributed by atoms with Crippen LogP contribution >= 0.6 is 0 Å². The topological polar surface area (TPSA) is 42.2 Å². The van der Waals surface area contributed by atoms with Gasteiger partial charge >= 0.3 is 0 Å². The van der Waals surface area contributed by atoms with Gasteiger partial charge in [0.15, 0.2) is 5.76 Å². The van der Waals surface area contributed by atoms with Crippen molar-refractivity contribution < 1.29 is 4.42 Å². The average molecular weight is 307 g/mol. The number of hydrogen-bond donors (Lipinski definition) is 0. The van der Waals surface area contributed by atoms with E-state index in [0.29, 0.717) is 12.6 Å². The highest BCUT2D eigenvalue weighted by Gasteiger charge is 2.17. The summed E-state index contributed by atoms with van der Waals surface area (Å²) in [6.45, 7) is 2.86. The molecule has 0 aliphatic rings. The molecule has 4 heteroatoms. The molecule has 2 aromatic heterocycles. The summed E-state index contributed by atoms with van der Waals surface area (Å²) in [7, 11) is 2.10. The zero-order chi connectivity index (χ0) is 16.1. The van der Waals surface area contributed by atoms with Crippen LogP contribution in [0.4, 0.5) is 0 Å². The number of nitrogens with zero attached hydrogens (tertiary/aromatic N) is 3. The van der Waals surface area contributed by atoms with Gasteiger partial charge in [0.25, 0.3) is 0 Å². The summed E-state index contributed by atoms with van der Waals surface area (Å²) in [4.78, 5) is 10.8. The molecule has 0 unspecified atom stereocenters. The molecule has 4 nitrogen and oxygen atoms in total. The van der Waals surface area contributed by atoms with Crippen LogP contribution in [0, 0.1) is 0 Å². The van der Waals surface area contributed by atoms with Gasteiger partial charge in [-0.05, 0) is 31.2 Å². The smallest absolute Gasteiger partial charge is 0.209 e. The molecule has 1 atom stereocenters. The highest BCUT2D eigenvalue weighted by Crippen LogP contribution is 2.25. The molecule has 0 aliphatic heterocycles. The molecule has 0 fully saturated rings. The number of hydrogen-bond acceptors (Lipinski definition) is 4. The lowest BCUT2D eigenvalue weighted by Gasteiger charge is -2.26. The minimum Gasteiger partial charge on any atom is -0.439 e. The fourth-order valence-electron chi connectivity index (χ4n) is 2.83. The second-order valence-electron chi connectivity index (χ2n) is 5.60. The van der Waals surface area contributed by atoms with Gasteiger partial charge in [0.2, 0.25) is 5.89 Å². The molecule has 3 aromatic rings. The van der Waals surface area contributed by atoms with E-state index in [2.05, 4.69) is 41.0 Å². The molecule has 2 heterocycles. The van der Waals surface area contributed by atoms with Crippen LogP contribution in [-0.2, 0) is 6.54 Å². The van der Waals surface area contributed by atoms with Crippen LogP contribution in [0.25, 0.3) is 11.3 Å². The quantitative estimate of drug-likeness (QED) is 0.680. The molecule has 0 spiro atoms. The summed E-state index contributed by atoms with van der Waals surface area (Å²) < 4.78 is 5.91. The Labute approximate surface area is 136 Å². The SMILES string of the molecule is CC[C@@H](c1ccncc1)N(C)Cc1ncc(-c2ccccc2)o1. The van der Waals surface area contributed by atoms with Gasteiger partial charge in [-0.25, -0.2) is 4.98 Å². The number of rotatable bonds is 6. The zero-order valence-corrected chi connectivity index (χ0v) is 13.5. The Morgan fingerprint density at radius 1 is 1.09 bits per heavy atom. The van der Waals surface area contributed by atoms with Gasteiger partial charge in [-0.2, -0.15) is 0 Å². The first kappa shape index (κ1) is 15.4.